The van der Waals surface area contributed by atoms with Gasteiger partial charge in [-0.05, 0) is 41.8 Å². The number of carbonyl (C=O) groups excluding carboxylic acids is 1. The van der Waals surface area contributed by atoms with Crippen LogP contribution in [0.25, 0.3) is 15.9 Å². The lowest BCUT2D eigenvalue weighted by molar-refractivity contribution is -0.115. The van der Waals surface area contributed by atoms with E-state index in [1.807, 2.05) is 0 Å². The maximum atomic E-state index is 14.5. The van der Waals surface area contributed by atoms with Crippen LogP contribution in [0.3, 0.4) is 0 Å². The Balaban J connectivity index is 1.69. The lowest BCUT2D eigenvalue weighted by atomic mass is 10.3. The minimum Gasteiger partial charge on any atom is -0.315 e. The van der Waals surface area contributed by atoms with Crippen molar-refractivity contribution < 1.29 is 9.18 Å². The van der Waals surface area contributed by atoms with Gasteiger partial charge in [0.25, 0.3) is 5.56 Å². The van der Waals surface area contributed by atoms with E-state index in [1.54, 1.807) is 54.9 Å². The smallest absolute Gasteiger partial charge is 0.276 e. The summed E-state index contributed by atoms with van der Waals surface area (Å²) < 4.78 is 16.1. The second kappa shape index (κ2) is 8.59. The van der Waals surface area contributed by atoms with Gasteiger partial charge in [-0.25, -0.2) is 9.37 Å². The van der Waals surface area contributed by atoms with E-state index in [-0.39, 0.29) is 28.1 Å². The summed E-state index contributed by atoms with van der Waals surface area (Å²) in [6, 6.07) is 14.7. The highest BCUT2D eigenvalue weighted by Gasteiger charge is 2.19. The molecular formula is C21H15ClFN3O2S2. The van der Waals surface area contributed by atoms with E-state index in [0.717, 1.165) is 11.8 Å². The molecule has 9 heteroatoms. The molecule has 0 bridgehead atoms. The van der Waals surface area contributed by atoms with Gasteiger partial charge in [0.1, 0.15) is 10.5 Å². The van der Waals surface area contributed by atoms with Gasteiger partial charge in [-0.15, -0.1) is 11.3 Å². The van der Waals surface area contributed by atoms with E-state index in [0.29, 0.717) is 20.9 Å². The first-order valence-electron chi connectivity index (χ1n) is 8.86. The third-order valence-corrected chi connectivity index (χ3v) is 6.49. The lowest BCUT2D eigenvalue weighted by Gasteiger charge is -2.18. The van der Waals surface area contributed by atoms with Gasteiger partial charge in [-0.1, -0.05) is 41.6 Å². The number of aromatic nitrogens is 2. The number of carbonyl (C=O) groups is 1. The van der Waals surface area contributed by atoms with Gasteiger partial charge < -0.3 is 4.90 Å². The van der Waals surface area contributed by atoms with Crippen molar-refractivity contribution >= 4 is 56.5 Å². The monoisotopic (exact) mass is 459 g/mol. The molecule has 0 atom stereocenters. The predicted molar refractivity (Wildman–Crippen MR) is 121 cm³/mol. The van der Waals surface area contributed by atoms with Crippen molar-refractivity contribution in [1.82, 2.24) is 9.55 Å². The highest BCUT2D eigenvalue weighted by molar-refractivity contribution is 7.99. The van der Waals surface area contributed by atoms with Gasteiger partial charge in [0.15, 0.2) is 5.16 Å². The zero-order valence-corrected chi connectivity index (χ0v) is 18.1. The first kappa shape index (κ1) is 20.6. The van der Waals surface area contributed by atoms with Crippen molar-refractivity contribution in [1.29, 1.82) is 0 Å². The van der Waals surface area contributed by atoms with Crippen molar-refractivity contribution in [2.45, 2.75) is 5.16 Å². The average Bonchev–Trinajstić information content (AvgIpc) is 3.21. The predicted octanol–water partition coefficient (Wildman–Crippen LogP) is 4.99. The number of para-hydroxylation sites is 1. The topological polar surface area (TPSA) is 55.2 Å². The summed E-state index contributed by atoms with van der Waals surface area (Å²) in [6.07, 6.45) is 0. The molecule has 4 rings (SSSR count). The van der Waals surface area contributed by atoms with Gasteiger partial charge >= 0.3 is 0 Å². The number of rotatable bonds is 5. The molecular weight excluding hydrogens is 445 g/mol. The lowest BCUT2D eigenvalue weighted by Crippen LogP contribution is -2.28. The van der Waals surface area contributed by atoms with Crippen molar-refractivity contribution in [3.05, 3.63) is 81.2 Å². The molecule has 30 heavy (non-hydrogen) atoms. The maximum absolute atomic E-state index is 14.5. The minimum atomic E-state index is -0.540. The van der Waals surface area contributed by atoms with Crippen LogP contribution in [-0.2, 0) is 4.79 Å². The molecule has 0 aliphatic carbocycles. The largest absolute Gasteiger partial charge is 0.315 e. The van der Waals surface area contributed by atoms with Crippen LogP contribution in [0.15, 0.2) is 69.9 Å². The Hall–Kier alpha value is -2.68. The van der Waals surface area contributed by atoms with Gasteiger partial charge in [0.05, 0.1) is 17.0 Å². The molecule has 0 saturated carbocycles. The molecule has 0 N–H and O–H groups in total. The van der Waals surface area contributed by atoms with Crippen LogP contribution in [0.4, 0.5) is 10.1 Å². The average molecular weight is 460 g/mol. The summed E-state index contributed by atoms with van der Waals surface area (Å²) in [5.74, 6) is -0.733. The van der Waals surface area contributed by atoms with Gasteiger partial charge in [-0.2, -0.15) is 0 Å². The van der Waals surface area contributed by atoms with E-state index in [1.165, 1.54) is 32.9 Å². The second-order valence-corrected chi connectivity index (χ2v) is 8.64. The number of nitrogens with zero attached hydrogens (tertiary/aromatic N) is 3. The quantitative estimate of drug-likeness (QED) is 0.311. The zero-order chi connectivity index (χ0) is 21.3. The molecule has 152 valence electrons. The Morgan fingerprint density at radius 1 is 1.23 bits per heavy atom. The molecule has 2 aromatic heterocycles. The Bertz CT molecular complexity index is 1300. The summed E-state index contributed by atoms with van der Waals surface area (Å²) in [7, 11) is 1.65. The standard InChI is InChI=1S/C21H15ClFN3O2S2/c1-25(14-6-4-5-13(22)11-14)18(27)12-30-21-24-16-9-10-29-19(16)20(28)26(21)17-8-3-2-7-15(17)23/h2-11H,12H2,1H3. The Labute approximate surface area is 184 Å². The van der Waals surface area contributed by atoms with E-state index in [4.69, 9.17) is 11.6 Å². The van der Waals surface area contributed by atoms with Crippen LogP contribution in [0.1, 0.15) is 0 Å². The summed E-state index contributed by atoms with van der Waals surface area (Å²) in [5, 5.41) is 2.54. The highest BCUT2D eigenvalue weighted by atomic mass is 35.5. The summed E-state index contributed by atoms with van der Waals surface area (Å²) in [5.41, 5.74) is 0.915. The third kappa shape index (κ3) is 3.98. The maximum Gasteiger partial charge on any atom is 0.276 e. The third-order valence-electron chi connectivity index (χ3n) is 4.44. The second-order valence-electron chi connectivity index (χ2n) is 6.34. The molecule has 0 spiro atoms. The Kier molecular flexibility index (Phi) is 5.90. The summed E-state index contributed by atoms with van der Waals surface area (Å²) in [4.78, 5) is 31.7. The van der Waals surface area contributed by atoms with Crippen molar-refractivity contribution in [2.75, 3.05) is 17.7 Å². The van der Waals surface area contributed by atoms with Crippen molar-refractivity contribution in [2.24, 2.45) is 0 Å². The number of hydrogen-bond acceptors (Lipinski definition) is 5. The first-order valence-corrected chi connectivity index (χ1v) is 11.1. The summed E-state index contributed by atoms with van der Waals surface area (Å²) in [6.45, 7) is 0. The van der Waals surface area contributed by atoms with Crippen molar-refractivity contribution in [3.63, 3.8) is 0 Å². The van der Waals surface area contributed by atoms with E-state index >= 15 is 0 Å². The van der Waals surface area contributed by atoms with Gasteiger partial charge in [0.2, 0.25) is 5.91 Å². The zero-order valence-electron chi connectivity index (χ0n) is 15.7. The van der Waals surface area contributed by atoms with Crippen LogP contribution in [0.2, 0.25) is 5.02 Å². The molecule has 1 amide bonds. The molecule has 0 aliphatic heterocycles. The molecule has 0 radical (unpaired) electrons. The number of thiophene rings is 1. The van der Waals surface area contributed by atoms with Crippen LogP contribution in [0.5, 0.6) is 0 Å². The van der Waals surface area contributed by atoms with E-state index < -0.39 is 5.82 Å². The van der Waals surface area contributed by atoms with E-state index in [9.17, 15) is 14.0 Å². The molecule has 0 fully saturated rings. The fraction of sp³-hybridized carbons (Fsp3) is 0.0952. The molecule has 0 unspecified atom stereocenters. The number of hydrogen-bond donors (Lipinski definition) is 0. The molecule has 0 aliphatic rings. The number of halogens is 2. The minimum absolute atomic E-state index is 0.0134. The normalized spacial score (nSPS) is 11.0. The Morgan fingerprint density at radius 3 is 2.80 bits per heavy atom. The number of fused-ring (bicyclic) bond motifs is 1. The first-order chi connectivity index (χ1) is 14.5. The van der Waals surface area contributed by atoms with Crippen LogP contribution in [-0.4, -0.2) is 28.3 Å². The van der Waals surface area contributed by atoms with Gasteiger partial charge in [0, 0.05) is 17.8 Å². The SMILES string of the molecule is CN(C(=O)CSc1nc2ccsc2c(=O)n1-c1ccccc1F)c1cccc(Cl)c1. The molecule has 0 saturated heterocycles. The number of thioether (sulfide) groups is 1. The number of anilines is 1. The Morgan fingerprint density at radius 2 is 2.03 bits per heavy atom. The van der Waals surface area contributed by atoms with E-state index in [2.05, 4.69) is 4.98 Å². The van der Waals surface area contributed by atoms with Crippen LogP contribution >= 0.6 is 34.7 Å². The fourth-order valence-corrected chi connectivity index (χ4v) is 4.75. The molecule has 4 aromatic rings. The molecule has 2 heterocycles. The van der Waals surface area contributed by atoms with Crippen LogP contribution < -0.4 is 10.5 Å². The molecule has 2 aromatic carbocycles. The van der Waals surface area contributed by atoms with Gasteiger partial charge in [-0.3, -0.25) is 14.2 Å². The number of amides is 1. The van der Waals surface area contributed by atoms with Crippen molar-refractivity contribution in [3.8, 4) is 5.69 Å². The molecule has 5 nitrogen and oxygen atoms in total. The highest BCUT2D eigenvalue weighted by Crippen LogP contribution is 2.26. The number of benzene rings is 2. The summed E-state index contributed by atoms with van der Waals surface area (Å²) >= 11 is 8.34. The van der Waals surface area contributed by atoms with Crippen LogP contribution in [0, 0.1) is 5.82 Å². The fourth-order valence-electron chi connectivity index (χ4n) is 2.89.